The number of methoxy groups -OCH3 is 1. The summed E-state index contributed by atoms with van der Waals surface area (Å²) in [5.41, 5.74) is 4.62. The fourth-order valence-electron chi connectivity index (χ4n) is 3.51. The molecular formula is C21H23N3O7S. The van der Waals surface area contributed by atoms with Crippen LogP contribution < -0.4 is 25.1 Å². The number of ether oxygens (including phenoxy) is 3. The fraction of sp³-hybridized carbons (Fsp3) is 0.333. The zero-order valence-corrected chi connectivity index (χ0v) is 18.2. The van der Waals surface area contributed by atoms with Crippen LogP contribution in [0.3, 0.4) is 0 Å². The average molecular weight is 461 g/mol. The molecule has 11 heteroatoms. The van der Waals surface area contributed by atoms with E-state index in [9.17, 15) is 18.0 Å². The van der Waals surface area contributed by atoms with E-state index in [0.717, 1.165) is 12.8 Å². The number of rotatable bonds is 5. The van der Waals surface area contributed by atoms with Crippen LogP contribution >= 0.6 is 0 Å². The second-order valence-corrected chi connectivity index (χ2v) is 9.19. The minimum atomic E-state index is -3.81. The number of amides is 2. The zero-order chi connectivity index (χ0) is 22.7. The van der Waals surface area contributed by atoms with Crippen LogP contribution in [0.5, 0.6) is 17.2 Å². The number of benzene rings is 2. The number of fused-ring (bicyclic) bond motifs is 1. The Labute approximate surface area is 185 Å². The average Bonchev–Trinajstić information content (AvgIpc) is 3.37. The molecule has 0 aliphatic carbocycles. The molecule has 0 radical (unpaired) electrons. The molecule has 0 unspecified atom stereocenters. The highest BCUT2D eigenvalue weighted by Crippen LogP contribution is 2.31. The Morgan fingerprint density at radius 3 is 2.50 bits per heavy atom. The molecule has 2 amide bonds. The lowest BCUT2D eigenvalue weighted by molar-refractivity contribution is -0.131. The predicted octanol–water partition coefficient (Wildman–Crippen LogP) is 1.08. The van der Waals surface area contributed by atoms with E-state index in [1.54, 1.807) is 24.3 Å². The monoisotopic (exact) mass is 461 g/mol. The van der Waals surface area contributed by atoms with Gasteiger partial charge in [0.1, 0.15) is 17.3 Å². The lowest BCUT2D eigenvalue weighted by atomic mass is 10.2. The minimum absolute atomic E-state index is 0.0144. The highest BCUT2D eigenvalue weighted by Gasteiger charge is 2.31. The summed E-state index contributed by atoms with van der Waals surface area (Å²) in [6, 6.07) is 11.0. The molecule has 0 bridgehead atoms. The van der Waals surface area contributed by atoms with Crippen molar-refractivity contribution in [2.75, 3.05) is 26.8 Å². The largest absolute Gasteiger partial charge is 0.495 e. The van der Waals surface area contributed by atoms with Gasteiger partial charge in [0.05, 0.1) is 7.11 Å². The van der Waals surface area contributed by atoms with E-state index in [1.165, 1.54) is 29.6 Å². The maximum absolute atomic E-state index is 13.0. The highest BCUT2D eigenvalue weighted by atomic mass is 32.2. The number of nitrogens with zero attached hydrogens (tertiary/aromatic N) is 1. The lowest BCUT2D eigenvalue weighted by Crippen LogP contribution is -2.50. The smallest absolute Gasteiger partial charge is 0.283 e. The summed E-state index contributed by atoms with van der Waals surface area (Å²) >= 11 is 0. The van der Waals surface area contributed by atoms with Crippen molar-refractivity contribution in [3.8, 4) is 17.2 Å². The van der Waals surface area contributed by atoms with Gasteiger partial charge in [0.2, 0.25) is 16.1 Å². The SMILES string of the molecule is COc1ccc(C(=O)NNC(=O)[C@@H]2COc3ccccc3O2)cc1S(=O)(=O)N1CCCC1. The molecule has 2 aliphatic heterocycles. The molecule has 2 aromatic carbocycles. The maximum atomic E-state index is 13.0. The molecule has 1 atom stereocenters. The summed E-state index contributed by atoms with van der Waals surface area (Å²) < 4.78 is 43.6. The minimum Gasteiger partial charge on any atom is -0.495 e. The first kappa shape index (κ1) is 21.9. The lowest BCUT2D eigenvalue weighted by Gasteiger charge is -2.25. The van der Waals surface area contributed by atoms with Crippen molar-refractivity contribution in [3.63, 3.8) is 0 Å². The van der Waals surface area contributed by atoms with Crippen LogP contribution in [-0.2, 0) is 14.8 Å². The van der Waals surface area contributed by atoms with Gasteiger partial charge in [-0.3, -0.25) is 20.4 Å². The second-order valence-electron chi connectivity index (χ2n) is 7.28. The van der Waals surface area contributed by atoms with Gasteiger partial charge in [-0.25, -0.2) is 8.42 Å². The topological polar surface area (TPSA) is 123 Å². The molecule has 4 rings (SSSR count). The molecule has 32 heavy (non-hydrogen) atoms. The molecule has 0 saturated carbocycles. The third-order valence-electron chi connectivity index (χ3n) is 5.21. The van der Waals surface area contributed by atoms with E-state index < -0.39 is 27.9 Å². The van der Waals surface area contributed by atoms with Gasteiger partial charge in [0, 0.05) is 18.7 Å². The summed E-state index contributed by atoms with van der Waals surface area (Å²) in [6.07, 6.45) is 0.614. The Bertz CT molecular complexity index is 1130. The van der Waals surface area contributed by atoms with Crippen molar-refractivity contribution >= 4 is 21.8 Å². The Morgan fingerprint density at radius 1 is 1.06 bits per heavy atom. The molecule has 10 nitrogen and oxygen atoms in total. The van der Waals surface area contributed by atoms with Gasteiger partial charge in [0.25, 0.3) is 11.8 Å². The van der Waals surface area contributed by atoms with Gasteiger partial charge < -0.3 is 14.2 Å². The van der Waals surface area contributed by atoms with Crippen molar-refractivity contribution in [2.45, 2.75) is 23.8 Å². The molecule has 170 valence electrons. The highest BCUT2D eigenvalue weighted by molar-refractivity contribution is 7.89. The summed E-state index contributed by atoms with van der Waals surface area (Å²) in [7, 11) is -2.45. The van der Waals surface area contributed by atoms with Gasteiger partial charge in [-0.05, 0) is 43.2 Å². The van der Waals surface area contributed by atoms with E-state index >= 15 is 0 Å². The molecular weight excluding hydrogens is 438 g/mol. The van der Waals surface area contributed by atoms with Crippen LogP contribution in [0.2, 0.25) is 0 Å². The third kappa shape index (κ3) is 4.34. The Balaban J connectivity index is 1.44. The van der Waals surface area contributed by atoms with Crippen molar-refractivity contribution in [1.82, 2.24) is 15.2 Å². The molecule has 2 heterocycles. The van der Waals surface area contributed by atoms with Gasteiger partial charge in [-0.1, -0.05) is 12.1 Å². The van der Waals surface area contributed by atoms with Crippen LogP contribution in [0.1, 0.15) is 23.2 Å². The molecule has 1 saturated heterocycles. The van der Waals surface area contributed by atoms with Crippen LogP contribution in [0.25, 0.3) is 0 Å². The molecule has 1 fully saturated rings. The summed E-state index contributed by atoms with van der Waals surface area (Å²) in [5.74, 6) is -0.186. The zero-order valence-electron chi connectivity index (χ0n) is 17.4. The van der Waals surface area contributed by atoms with Crippen LogP contribution in [-0.4, -0.2) is 57.4 Å². The number of hydrogen-bond acceptors (Lipinski definition) is 7. The maximum Gasteiger partial charge on any atom is 0.283 e. The normalized spacial score (nSPS) is 18.1. The van der Waals surface area contributed by atoms with Crippen LogP contribution in [0, 0.1) is 0 Å². The first-order chi connectivity index (χ1) is 15.4. The number of sulfonamides is 1. The number of nitrogens with one attached hydrogen (secondary N) is 2. The van der Waals surface area contributed by atoms with Crippen LogP contribution in [0.4, 0.5) is 0 Å². The Morgan fingerprint density at radius 2 is 1.78 bits per heavy atom. The summed E-state index contributed by atoms with van der Waals surface area (Å²) in [4.78, 5) is 24.9. The van der Waals surface area contributed by atoms with Crippen molar-refractivity contribution < 1.29 is 32.2 Å². The third-order valence-corrected chi connectivity index (χ3v) is 7.13. The Kier molecular flexibility index (Phi) is 6.19. The van der Waals surface area contributed by atoms with Gasteiger partial charge in [-0.15, -0.1) is 0 Å². The first-order valence-corrected chi connectivity index (χ1v) is 11.5. The molecule has 0 spiro atoms. The molecule has 0 aromatic heterocycles. The number of carbonyl (C=O) groups is 2. The molecule has 2 N–H and O–H groups in total. The number of para-hydroxylation sites is 2. The van der Waals surface area contributed by atoms with E-state index in [-0.39, 0.29) is 22.8 Å². The molecule has 2 aliphatic rings. The summed E-state index contributed by atoms with van der Waals surface area (Å²) in [5, 5.41) is 0. The Hall–Kier alpha value is -3.31. The standard InChI is InChI=1S/C21H23N3O7S/c1-29-17-9-8-14(12-19(17)32(27,28)24-10-4-5-11-24)20(25)22-23-21(26)18-13-30-15-6-2-3-7-16(15)31-18/h2-3,6-9,12,18H,4-5,10-11,13H2,1H3,(H,22,25)(H,23,26)/t18-/m0/s1. The fourth-order valence-corrected chi connectivity index (χ4v) is 5.21. The number of hydrazine groups is 1. The summed E-state index contributed by atoms with van der Waals surface area (Å²) in [6.45, 7) is 0.828. The van der Waals surface area contributed by atoms with E-state index in [2.05, 4.69) is 10.9 Å². The van der Waals surface area contributed by atoms with E-state index in [4.69, 9.17) is 14.2 Å². The van der Waals surface area contributed by atoms with Crippen LogP contribution in [0.15, 0.2) is 47.4 Å². The number of hydrogen-bond donors (Lipinski definition) is 2. The quantitative estimate of drug-likeness (QED) is 0.639. The van der Waals surface area contributed by atoms with Gasteiger partial charge in [0.15, 0.2) is 11.5 Å². The first-order valence-electron chi connectivity index (χ1n) is 10.1. The molecule has 2 aromatic rings. The van der Waals surface area contributed by atoms with Crippen molar-refractivity contribution in [1.29, 1.82) is 0 Å². The predicted molar refractivity (Wildman–Crippen MR) is 113 cm³/mol. The van der Waals surface area contributed by atoms with E-state index in [1.807, 2.05) is 0 Å². The van der Waals surface area contributed by atoms with Crippen molar-refractivity contribution in [2.24, 2.45) is 0 Å². The van der Waals surface area contributed by atoms with Crippen molar-refractivity contribution in [3.05, 3.63) is 48.0 Å². The van der Waals surface area contributed by atoms with Gasteiger partial charge in [-0.2, -0.15) is 4.31 Å². The second kappa shape index (κ2) is 9.05. The van der Waals surface area contributed by atoms with Gasteiger partial charge >= 0.3 is 0 Å². The number of carbonyl (C=O) groups excluding carboxylic acids is 2. The van der Waals surface area contributed by atoms with E-state index in [0.29, 0.717) is 24.6 Å².